The summed E-state index contributed by atoms with van der Waals surface area (Å²) in [5.74, 6) is -0.708. The fourth-order valence-electron chi connectivity index (χ4n) is 12.4. The SMILES string of the molecule is CCCCCCCCCCCCCC/C=C\CCCCCCCCCCCCCCCCC(O)C(=O)NC(COC1OC(CO)C(O)C(O)C1O)C(O)C(O)CCC/C=C/CC/C=C/CC/C=C/CCCCCCCCCCCCCCCCCCCCC. The summed E-state index contributed by atoms with van der Waals surface area (Å²) in [7, 11) is 0. The quantitative estimate of drug-likeness (QED) is 0.0215. The van der Waals surface area contributed by atoms with Crippen molar-refractivity contribution in [3.8, 4) is 0 Å². The van der Waals surface area contributed by atoms with E-state index in [1.165, 1.54) is 283 Å². The number of carbonyl (C=O) groups excluding carboxylic acids is 1. The van der Waals surface area contributed by atoms with E-state index in [1.807, 2.05) is 0 Å². The average Bonchev–Trinajstić information content (AvgIpc) is 3.68. The summed E-state index contributed by atoms with van der Waals surface area (Å²) in [6.07, 6.45) is 76.5. The molecule has 0 aromatic carbocycles. The number of unbranched alkanes of at least 4 members (excludes halogenated alkanes) is 48. The number of ether oxygens (including phenoxy) is 2. The Bertz CT molecular complexity index is 1590. The van der Waals surface area contributed by atoms with Gasteiger partial charge in [-0.05, 0) is 89.9 Å². The van der Waals surface area contributed by atoms with Crippen molar-refractivity contribution in [3.63, 3.8) is 0 Å². The number of aliphatic hydroxyl groups excluding tert-OH is 7. The maximum atomic E-state index is 13.3. The highest BCUT2D eigenvalue weighted by atomic mass is 16.7. The van der Waals surface area contributed by atoms with E-state index in [0.717, 1.165) is 44.9 Å². The summed E-state index contributed by atoms with van der Waals surface area (Å²) in [4.78, 5) is 13.3. The molecule has 0 bridgehead atoms. The van der Waals surface area contributed by atoms with E-state index in [1.54, 1.807) is 0 Å². The Labute approximate surface area is 549 Å². The molecule has 89 heavy (non-hydrogen) atoms. The van der Waals surface area contributed by atoms with Crippen LogP contribution < -0.4 is 5.32 Å². The smallest absolute Gasteiger partial charge is 0.249 e. The summed E-state index contributed by atoms with van der Waals surface area (Å²) in [6.45, 7) is 3.50. The van der Waals surface area contributed by atoms with Crippen LogP contribution in [0.4, 0.5) is 0 Å². The van der Waals surface area contributed by atoms with Crippen LogP contribution in [-0.2, 0) is 14.3 Å². The predicted octanol–water partition coefficient (Wildman–Crippen LogP) is 19.5. The number of nitrogens with one attached hydrogen (secondary N) is 1. The topological polar surface area (TPSA) is 189 Å². The van der Waals surface area contributed by atoms with Gasteiger partial charge in [-0.1, -0.05) is 332 Å². The van der Waals surface area contributed by atoms with Crippen LogP contribution in [0.2, 0.25) is 0 Å². The second-order valence-electron chi connectivity index (χ2n) is 27.0. The Kier molecular flexibility index (Phi) is 63.2. The van der Waals surface area contributed by atoms with Crippen molar-refractivity contribution in [3.05, 3.63) is 48.6 Å². The first-order chi connectivity index (χ1) is 43.7. The van der Waals surface area contributed by atoms with Gasteiger partial charge in [-0.25, -0.2) is 0 Å². The Balaban J connectivity index is 2.20. The highest BCUT2D eigenvalue weighted by Gasteiger charge is 2.44. The largest absolute Gasteiger partial charge is 0.394 e. The number of carbonyl (C=O) groups is 1. The molecule has 1 rings (SSSR count). The molecule has 11 nitrogen and oxygen atoms in total. The molecule has 0 aromatic heterocycles. The van der Waals surface area contributed by atoms with Gasteiger partial charge in [-0.3, -0.25) is 4.79 Å². The van der Waals surface area contributed by atoms with Gasteiger partial charge in [0.1, 0.15) is 36.6 Å². The molecule has 1 aliphatic rings. The molecule has 11 heteroatoms. The lowest BCUT2D eigenvalue weighted by Crippen LogP contribution is -2.60. The molecular formula is C78H147NO10. The van der Waals surface area contributed by atoms with Crippen molar-refractivity contribution in [2.45, 2.75) is 428 Å². The molecule has 524 valence electrons. The zero-order valence-corrected chi connectivity index (χ0v) is 58.2. The Morgan fingerprint density at radius 3 is 1.00 bits per heavy atom. The maximum Gasteiger partial charge on any atom is 0.249 e. The molecular weight excluding hydrogens is 1110 g/mol. The van der Waals surface area contributed by atoms with E-state index in [-0.39, 0.29) is 12.8 Å². The second kappa shape index (κ2) is 66.1. The van der Waals surface area contributed by atoms with E-state index < -0.39 is 74.2 Å². The Morgan fingerprint density at radius 2 is 0.674 bits per heavy atom. The summed E-state index contributed by atoms with van der Waals surface area (Å²) in [5.41, 5.74) is 0. The molecule has 0 spiro atoms. The van der Waals surface area contributed by atoms with Crippen LogP contribution in [0, 0.1) is 0 Å². The van der Waals surface area contributed by atoms with E-state index >= 15 is 0 Å². The van der Waals surface area contributed by atoms with Crippen molar-refractivity contribution in [1.29, 1.82) is 0 Å². The first kappa shape index (κ1) is 85.1. The summed E-state index contributed by atoms with van der Waals surface area (Å²) in [5, 5.41) is 76.6. The van der Waals surface area contributed by atoms with Gasteiger partial charge in [0, 0.05) is 0 Å². The third-order valence-corrected chi connectivity index (χ3v) is 18.6. The number of hydrogen-bond acceptors (Lipinski definition) is 10. The van der Waals surface area contributed by atoms with E-state index in [4.69, 9.17) is 9.47 Å². The fraction of sp³-hybridized carbons (Fsp3) is 0.885. The molecule has 1 amide bonds. The number of hydrogen-bond donors (Lipinski definition) is 8. The first-order valence-electron chi connectivity index (χ1n) is 38.5. The van der Waals surface area contributed by atoms with Crippen LogP contribution in [0.3, 0.4) is 0 Å². The van der Waals surface area contributed by atoms with Crippen molar-refractivity contribution in [2.24, 2.45) is 0 Å². The summed E-state index contributed by atoms with van der Waals surface area (Å²) >= 11 is 0. The highest BCUT2D eigenvalue weighted by Crippen LogP contribution is 2.24. The van der Waals surface area contributed by atoms with Gasteiger partial charge in [-0.2, -0.15) is 0 Å². The van der Waals surface area contributed by atoms with Crippen LogP contribution in [0.5, 0.6) is 0 Å². The van der Waals surface area contributed by atoms with Crippen LogP contribution in [0.15, 0.2) is 48.6 Å². The van der Waals surface area contributed by atoms with Gasteiger partial charge in [0.15, 0.2) is 6.29 Å². The maximum absolute atomic E-state index is 13.3. The molecule has 1 fully saturated rings. The zero-order chi connectivity index (χ0) is 64.6. The van der Waals surface area contributed by atoms with Gasteiger partial charge < -0.3 is 50.5 Å². The molecule has 0 aliphatic carbocycles. The van der Waals surface area contributed by atoms with Crippen LogP contribution in [0.25, 0.3) is 0 Å². The molecule has 1 saturated heterocycles. The van der Waals surface area contributed by atoms with Gasteiger partial charge in [-0.15, -0.1) is 0 Å². The van der Waals surface area contributed by atoms with Crippen molar-refractivity contribution < 1.29 is 50.0 Å². The molecule has 1 heterocycles. The number of aliphatic hydroxyl groups is 7. The number of rotatable bonds is 68. The molecule has 9 unspecified atom stereocenters. The minimum atomic E-state index is -1.68. The normalized spacial score (nSPS) is 18.8. The number of amides is 1. The standard InChI is InChI=1S/C78H147NO10/c1-3-5-7-9-11-13-15-17-19-21-23-25-27-29-31-33-35-36-38-39-41-43-45-47-49-51-53-55-57-59-61-63-65-70(81)73(83)69(68-88-78-76(86)75(85)74(84)72(67-80)89-78)79-77(87)71(82)66-64-62-60-58-56-54-52-50-48-46-44-42-40-37-34-32-30-28-26-24-22-20-18-16-14-12-10-8-6-4-2/h30,32,41,43,49,51,57,59,69-76,78,80-86H,3-29,31,33-40,42,44-48,50,52-56,58,60-68H2,1-2H3,(H,79,87)/b32-30-,43-41+,51-49+,59-57+. The third kappa shape index (κ3) is 53.1. The fourth-order valence-corrected chi connectivity index (χ4v) is 12.4. The van der Waals surface area contributed by atoms with Gasteiger partial charge in [0.05, 0.1) is 25.4 Å². The zero-order valence-electron chi connectivity index (χ0n) is 58.2. The molecule has 9 atom stereocenters. The lowest BCUT2D eigenvalue weighted by atomic mass is 9.98. The van der Waals surface area contributed by atoms with Crippen molar-refractivity contribution >= 4 is 5.91 Å². The third-order valence-electron chi connectivity index (χ3n) is 18.6. The summed E-state index contributed by atoms with van der Waals surface area (Å²) < 4.78 is 11.2. The average molecular weight is 1260 g/mol. The molecule has 8 N–H and O–H groups in total. The van der Waals surface area contributed by atoms with E-state index in [9.17, 15) is 40.5 Å². The second-order valence-corrected chi connectivity index (χ2v) is 27.0. The minimum absolute atomic E-state index is 0.242. The van der Waals surface area contributed by atoms with Crippen LogP contribution in [-0.4, -0.2) is 110 Å². The minimum Gasteiger partial charge on any atom is -0.394 e. The van der Waals surface area contributed by atoms with Gasteiger partial charge >= 0.3 is 0 Å². The van der Waals surface area contributed by atoms with E-state index in [0.29, 0.717) is 19.3 Å². The van der Waals surface area contributed by atoms with Gasteiger partial charge in [0.25, 0.3) is 0 Å². The molecule has 0 saturated carbocycles. The predicted molar refractivity (Wildman–Crippen MR) is 376 cm³/mol. The lowest BCUT2D eigenvalue weighted by Gasteiger charge is -2.40. The first-order valence-corrected chi connectivity index (χ1v) is 38.5. The van der Waals surface area contributed by atoms with Crippen LogP contribution >= 0.6 is 0 Å². The highest BCUT2D eigenvalue weighted by molar-refractivity contribution is 5.80. The van der Waals surface area contributed by atoms with Crippen molar-refractivity contribution in [1.82, 2.24) is 5.32 Å². The lowest BCUT2D eigenvalue weighted by molar-refractivity contribution is -0.303. The molecule has 0 radical (unpaired) electrons. The van der Waals surface area contributed by atoms with E-state index in [2.05, 4.69) is 67.8 Å². The van der Waals surface area contributed by atoms with Crippen LogP contribution in [0.1, 0.15) is 373 Å². The Morgan fingerprint density at radius 1 is 0.382 bits per heavy atom. The number of allylic oxidation sites excluding steroid dienone is 8. The molecule has 1 aliphatic heterocycles. The molecule has 0 aromatic rings. The van der Waals surface area contributed by atoms with Crippen molar-refractivity contribution in [2.75, 3.05) is 13.2 Å². The Hall–Kier alpha value is -1.93. The summed E-state index contributed by atoms with van der Waals surface area (Å²) in [6, 6.07) is -1.20. The monoisotopic (exact) mass is 1260 g/mol. The van der Waals surface area contributed by atoms with Gasteiger partial charge in [0.2, 0.25) is 5.91 Å².